The Labute approximate surface area is 142 Å². The average Bonchev–Trinajstić information content (AvgIpc) is 2.45. The van der Waals surface area contributed by atoms with Crippen molar-refractivity contribution in [2.24, 2.45) is 0 Å². The van der Waals surface area contributed by atoms with Gasteiger partial charge in [0.2, 0.25) is 0 Å². The molecule has 0 bridgehead atoms. The van der Waals surface area contributed by atoms with Crippen LogP contribution in [0.15, 0.2) is 41.9 Å². The lowest BCUT2D eigenvalue weighted by Crippen LogP contribution is -2.25. The highest BCUT2D eigenvalue weighted by Crippen LogP contribution is 2.72. The van der Waals surface area contributed by atoms with E-state index in [0.29, 0.717) is 6.26 Å². The number of aliphatic hydroxyl groups is 2. The summed E-state index contributed by atoms with van der Waals surface area (Å²) in [7, 11) is -15.0. The molecule has 0 heterocycles. The van der Waals surface area contributed by atoms with Crippen molar-refractivity contribution in [3.8, 4) is 0 Å². The van der Waals surface area contributed by atoms with Gasteiger partial charge in [0.05, 0.1) is 11.6 Å². The summed E-state index contributed by atoms with van der Waals surface area (Å²) in [5.74, 6) is 0. The van der Waals surface area contributed by atoms with Crippen molar-refractivity contribution in [1.82, 2.24) is 0 Å². The van der Waals surface area contributed by atoms with Gasteiger partial charge in [-0.15, -0.1) is 0 Å². The summed E-state index contributed by atoms with van der Waals surface area (Å²) >= 11 is 0. The molecule has 0 atom stereocenters. The van der Waals surface area contributed by atoms with Crippen LogP contribution in [-0.2, 0) is 18.8 Å². The zero-order chi connectivity index (χ0) is 20.1. The second-order valence-electron chi connectivity index (χ2n) is 4.61. The smallest absolute Gasteiger partial charge is 0.374 e. The van der Waals surface area contributed by atoms with Crippen LogP contribution in [0.2, 0.25) is 0 Å². The van der Waals surface area contributed by atoms with Gasteiger partial charge >= 0.3 is 22.8 Å². The van der Waals surface area contributed by atoms with Crippen molar-refractivity contribution < 1.29 is 53.3 Å². The Morgan fingerprint density at radius 2 is 1.36 bits per heavy atom. The van der Waals surface area contributed by atoms with Crippen LogP contribution in [0.5, 0.6) is 0 Å². The number of rotatable bonds is 5. The van der Waals surface area contributed by atoms with Gasteiger partial charge in [-0.1, -0.05) is 37.3 Å². The third-order valence-corrected chi connectivity index (χ3v) is 7.74. The molecule has 0 unspecified atom stereocenters. The van der Waals surface area contributed by atoms with E-state index in [4.69, 9.17) is 34.5 Å². The molecule has 0 amide bonds. The molecular weight excluding hydrogens is 401 g/mol. The molecule has 0 aliphatic carbocycles. The number of hydrogen-bond acceptors (Lipinski definition) is 5. The maximum Gasteiger partial charge on any atom is 0.374 e. The van der Waals surface area contributed by atoms with E-state index >= 15 is 0 Å². The monoisotopic (exact) mass is 420 g/mol. The summed E-state index contributed by atoms with van der Waals surface area (Å²) in [5.41, 5.74) is -0.531. The molecule has 0 radical (unpaired) electrons. The Kier molecular flexibility index (Phi) is 8.42. The highest BCUT2D eigenvalue weighted by atomic mass is 31.2. The molecule has 144 valence electrons. The van der Waals surface area contributed by atoms with Crippen molar-refractivity contribution in [3.63, 3.8) is 0 Å². The molecule has 25 heavy (non-hydrogen) atoms. The van der Waals surface area contributed by atoms with Crippen LogP contribution in [0, 0.1) is 0 Å². The van der Waals surface area contributed by atoms with Gasteiger partial charge in [-0.05, 0) is 6.42 Å². The lowest BCUT2D eigenvalue weighted by atomic mass is 10.2. The zero-order valence-corrected chi connectivity index (χ0v) is 15.5. The number of aliphatic hydroxyl groups excluding tert-OH is 1. The van der Waals surface area contributed by atoms with Crippen LogP contribution < -0.4 is 0 Å². The molecule has 1 rings (SSSR count). The first kappa shape index (κ1) is 24.2. The first-order chi connectivity index (χ1) is 11.1. The minimum atomic E-state index is -5.44. The van der Waals surface area contributed by atoms with E-state index in [1.807, 2.05) is 0 Å². The third kappa shape index (κ3) is 6.13. The normalized spacial score (nSPS) is 13.8. The zero-order valence-electron chi connectivity index (χ0n) is 12.8. The van der Waals surface area contributed by atoms with Gasteiger partial charge in [-0.3, -0.25) is 13.7 Å². The lowest BCUT2D eigenvalue weighted by molar-refractivity contribution is 0.131. The summed E-state index contributed by atoms with van der Waals surface area (Å²) in [6.07, 6.45) is 0.627. The SMILES string of the molecule is CCC(=CO)P(=O)(O)O.O=P(O)(O)C(O)(c1ccccc1)P(=O)(O)O. The largest absolute Gasteiger partial charge is 0.515 e. The second kappa shape index (κ2) is 8.70. The van der Waals surface area contributed by atoms with Crippen LogP contribution in [0.1, 0.15) is 18.9 Å². The Morgan fingerprint density at radius 1 is 0.960 bits per heavy atom. The Morgan fingerprint density at radius 3 is 1.56 bits per heavy atom. The minimum absolute atomic E-state index is 0.167. The van der Waals surface area contributed by atoms with Gasteiger partial charge in [0.1, 0.15) is 0 Å². The molecule has 11 nitrogen and oxygen atoms in total. The quantitative estimate of drug-likeness (QED) is 0.250. The van der Waals surface area contributed by atoms with Crippen LogP contribution >= 0.6 is 22.8 Å². The molecule has 14 heteroatoms. The predicted molar refractivity (Wildman–Crippen MR) is 87.5 cm³/mol. The van der Waals surface area contributed by atoms with E-state index < -0.39 is 33.4 Å². The highest BCUT2D eigenvalue weighted by molar-refractivity contribution is 7.71. The molecule has 0 aromatic heterocycles. The van der Waals surface area contributed by atoms with Crippen LogP contribution in [0.4, 0.5) is 0 Å². The molecule has 1 aromatic carbocycles. The molecule has 0 spiro atoms. The number of hydrogen-bond donors (Lipinski definition) is 8. The van der Waals surface area contributed by atoms with Gasteiger partial charge in [0, 0.05) is 5.56 Å². The number of allylic oxidation sites excluding steroid dienone is 1. The molecular formula is C11H19O11P3. The average molecular weight is 420 g/mol. The van der Waals surface area contributed by atoms with Gasteiger partial charge < -0.3 is 39.6 Å². The van der Waals surface area contributed by atoms with E-state index in [1.54, 1.807) is 6.92 Å². The van der Waals surface area contributed by atoms with Crippen LogP contribution in [-0.4, -0.2) is 39.6 Å². The fraction of sp³-hybridized carbons (Fsp3) is 0.273. The van der Waals surface area contributed by atoms with Crippen molar-refractivity contribution in [1.29, 1.82) is 0 Å². The molecule has 8 N–H and O–H groups in total. The van der Waals surface area contributed by atoms with Crippen molar-refractivity contribution in [2.75, 3.05) is 0 Å². The van der Waals surface area contributed by atoms with Crippen LogP contribution in [0.3, 0.4) is 0 Å². The maximum atomic E-state index is 11.1. The maximum absolute atomic E-state index is 11.1. The van der Waals surface area contributed by atoms with Crippen molar-refractivity contribution in [2.45, 2.75) is 18.4 Å². The Balaban J connectivity index is 0.000000547. The standard InChI is InChI=1S/C7H10O7P2.C4H9O4P/c8-7(15(9,10)11,16(12,13)14)6-4-2-1-3-5-6;1-2-4(3-5)9(6,7)8/h1-5,8H,(H2,9,10,11)(H2,12,13,14);3,5H,2H2,1H3,(H2,6,7,8). The molecule has 0 saturated heterocycles. The third-order valence-electron chi connectivity index (χ3n) is 2.86. The summed E-state index contributed by atoms with van der Waals surface area (Å²) < 4.78 is 32.4. The Hall–Kier alpha value is -0.830. The highest BCUT2D eigenvalue weighted by Gasteiger charge is 2.60. The molecule has 1 aromatic rings. The fourth-order valence-electron chi connectivity index (χ4n) is 1.54. The molecule has 0 fully saturated rings. The Bertz CT molecular complexity index is 705. The van der Waals surface area contributed by atoms with Gasteiger partial charge in [-0.25, -0.2) is 0 Å². The van der Waals surface area contributed by atoms with Gasteiger partial charge in [-0.2, -0.15) is 0 Å². The molecule has 0 saturated carbocycles. The first-order valence-electron chi connectivity index (χ1n) is 6.41. The van der Waals surface area contributed by atoms with Crippen molar-refractivity contribution in [3.05, 3.63) is 47.5 Å². The second-order valence-corrected chi connectivity index (χ2v) is 10.1. The number of benzene rings is 1. The fourth-order valence-corrected chi connectivity index (χ4v) is 4.43. The molecule has 0 aliphatic rings. The summed E-state index contributed by atoms with van der Waals surface area (Å²) in [5, 5.41) is 14.1. The minimum Gasteiger partial charge on any atom is -0.515 e. The van der Waals surface area contributed by atoms with Crippen molar-refractivity contribution >= 4 is 22.8 Å². The lowest BCUT2D eigenvalue weighted by Gasteiger charge is -2.29. The van der Waals surface area contributed by atoms with E-state index in [9.17, 15) is 18.8 Å². The van der Waals surface area contributed by atoms with Gasteiger partial charge in [0.15, 0.2) is 0 Å². The summed E-state index contributed by atoms with van der Waals surface area (Å²) in [6.45, 7) is 1.56. The van der Waals surface area contributed by atoms with E-state index in [-0.39, 0.29) is 11.7 Å². The van der Waals surface area contributed by atoms with Crippen LogP contribution in [0.25, 0.3) is 0 Å². The van der Waals surface area contributed by atoms with Gasteiger partial charge in [0.25, 0.3) is 5.08 Å². The van der Waals surface area contributed by atoms with E-state index in [0.717, 1.165) is 12.1 Å². The first-order valence-corrected chi connectivity index (χ1v) is 11.2. The predicted octanol–water partition coefficient (Wildman–Crippen LogP) is 1.12. The summed E-state index contributed by atoms with van der Waals surface area (Å²) in [6, 6.07) is 6.12. The summed E-state index contributed by atoms with van der Waals surface area (Å²) in [4.78, 5) is 52.3. The molecule has 0 aliphatic heterocycles. The topological polar surface area (TPSA) is 213 Å². The van der Waals surface area contributed by atoms with E-state index in [1.165, 1.54) is 18.2 Å². The van der Waals surface area contributed by atoms with E-state index in [2.05, 4.69) is 0 Å².